The number of aryl methyl sites for hydroxylation is 1. The van der Waals surface area contributed by atoms with Gasteiger partial charge in [-0.15, -0.1) is 0 Å². The van der Waals surface area contributed by atoms with Gasteiger partial charge in [-0.2, -0.15) is 16.8 Å². The Balaban J connectivity index is 2.01. The summed E-state index contributed by atoms with van der Waals surface area (Å²) in [7, 11) is -10.7. The Morgan fingerprint density at radius 3 is 2.21 bits per heavy atom. The van der Waals surface area contributed by atoms with Crippen molar-refractivity contribution >= 4 is 37.7 Å². The molecule has 1 aliphatic rings. The largest absolute Gasteiger partial charge is 0.479 e. The maximum absolute atomic E-state index is 11.6. The van der Waals surface area contributed by atoms with E-state index < -0.39 is 63.1 Å². The monoisotopic (exact) mass is 512 g/mol. The number of fused-ring (bicyclic) bond motifs is 1. The fraction of sp³-hybridized carbons (Fsp3) is 0.375. The first-order chi connectivity index (χ1) is 15.1. The third-order valence-corrected chi connectivity index (χ3v) is 5.34. The normalized spacial score (nSPS) is 26.2. The highest BCUT2D eigenvalue weighted by Crippen LogP contribution is 2.31. The summed E-state index contributed by atoms with van der Waals surface area (Å²) in [6.07, 6.45) is -11.5. The van der Waals surface area contributed by atoms with Crippen molar-refractivity contribution in [2.75, 3.05) is 0 Å². The van der Waals surface area contributed by atoms with E-state index in [1.165, 1.54) is 24.3 Å². The molecule has 1 aliphatic heterocycles. The Bertz CT molecular complexity index is 1330. The van der Waals surface area contributed by atoms with Gasteiger partial charge >= 0.3 is 32.4 Å². The summed E-state index contributed by atoms with van der Waals surface area (Å²) in [5.41, 5.74) is -0.102. The molecule has 0 radical (unpaired) electrons. The summed E-state index contributed by atoms with van der Waals surface area (Å²) < 4.78 is 86.3. The molecule has 4 N–H and O–H groups in total. The third kappa shape index (κ3) is 6.03. The molecule has 17 heteroatoms. The van der Waals surface area contributed by atoms with Crippen LogP contribution in [0.25, 0.3) is 11.0 Å². The second kappa shape index (κ2) is 8.95. The van der Waals surface area contributed by atoms with Crippen molar-refractivity contribution in [2.45, 2.75) is 37.6 Å². The van der Waals surface area contributed by atoms with Gasteiger partial charge in [0.05, 0.1) is 0 Å². The molecule has 0 saturated carbocycles. The van der Waals surface area contributed by atoms with E-state index in [0.717, 1.165) is 0 Å². The minimum atomic E-state index is -5.35. The first kappa shape index (κ1) is 25.0. The molecule has 2 aromatic rings. The average molecular weight is 512 g/mol. The number of carbonyl (C=O) groups is 1. The minimum Gasteiger partial charge on any atom is -0.479 e. The minimum absolute atomic E-state index is 0.0310. The quantitative estimate of drug-likeness (QED) is 0.258. The molecule has 1 fully saturated rings. The van der Waals surface area contributed by atoms with Crippen LogP contribution in [-0.2, 0) is 38.7 Å². The molecule has 1 aromatic carbocycles. The molecule has 182 valence electrons. The number of hydrogen-bond donors (Lipinski definition) is 4. The zero-order chi connectivity index (χ0) is 24.7. The Morgan fingerprint density at radius 2 is 1.64 bits per heavy atom. The van der Waals surface area contributed by atoms with E-state index >= 15 is 0 Å². The van der Waals surface area contributed by atoms with Gasteiger partial charge < -0.3 is 24.1 Å². The van der Waals surface area contributed by atoms with E-state index in [9.17, 15) is 36.6 Å². The zero-order valence-corrected chi connectivity index (χ0v) is 17.9. The second-order valence-corrected chi connectivity index (χ2v) is 8.85. The zero-order valence-electron chi connectivity index (χ0n) is 16.3. The van der Waals surface area contributed by atoms with Crippen LogP contribution in [0.4, 0.5) is 0 Å². The average Bonchev–Trinajstić information content (AvgIpc) is 2.64. The van der Waals surface area contributed by atoms with Crippen LogP contribution in [0.5, 0.6) is 5.75 Å². The summed E-state index contributed by atoms with van der Waals surface area (Å²) in [5, 5.41) is 20.2. The summed E-state index contributed by atoms with van der Waals surface area (Å²) >= 11 is 0. The number of carboxylic acids is 1. The van der Waals surface area contributed by atoms with Crippen LogP contribution < -0.4 is 10.4 Å². The lowest BCUT2D eigenvalue weighted by atomic mass is 9.99. The number of aliphatic carboxylic acids is 1. The Kier molecular flexibility index (Phi) is 6.78. The van der Waals surface area contributed by atoms with Gasteiger partial charge in [0.25, 0.3) is 0 Å². The van der Waals surface area contributed by atoms with Crippen molar-refractivity contribution < 1.29 is 63.2 Å². The molecule has 0 spiro atoms. The van der Waals surface area contributed by atoms with Gasteiger partial charge in [0, 0.05) is 17.5 Å². The Morgan fingerprint density at radius 1 is 1.03 bits per heavy atom. The second-order valence-electron chi connectivity index (χ2n) is 6.76. The smallest absolute Gasteiger partial charge is 0.397 e. The number of benzene rings is 1. The van der Waals surface area contributed by atoms with Crippen molar-refractivity contribution in [3.63, 3.8) is 0 Å². The van der Waals surface area contributed by atoms with Gasteiger partial charge in [-0.05, 0) is 24.6 Å². The van der Waals surface area contributed by atoms with Gasteiger partial charge in [0.1, 0.15) is 23.5 Å². The fourth-order valence-corrected chi connectivity index (χ4v) is 4.10. The highest BCUT2D eigenvalue weighted by Gasteiger charge is 2.54. The molecule has 3 rings (SSSR count). The molecule has 2 heterocycles. The van der Waals surface area contributed by atoms with Crippen LogP contribution in [0.3, 0.4) is 0 Å². The van der Waals surface area contributed by atoms with Crippen molar-refractivity contribution in [1.29, 1.82) is 0 Å². The molecule has 0 bridgehead atoms. The van der Waals surface area contributed by atoms with Crippen LogP contribution in [0, 0.1) is 6.92 Å². The van der Waals surface area contributed by atoms with E-state index in [1.54, 1.807) is 6.92 Å². The first-order valence-corrected chi connectivity index (χ1v) is 11.5. The van der Waals surface area contributed by atoms with Crippen LogP contribution in [-0.4, -0.2) is 72.8 Å². The molecular weight excluding hydrogens is 496 g/mol. The SMILES string of the molecule is Cc1cc(=O)oc2cc(O[C@@H]3O[C@@H](C(=O)O)[C@@H](OS(=O)(=O)O)C(O)C3OS(=O)(=O)O)ccc12. The number of carboxylic acid groups (broad SMARTS) is 1. The molecule has 1 aromatic heterocycles. The van der Waals surface area contributed by atoms with Gasteiger partial charge in [0.15, 0.2) is 12.2 Å². The van der Waals surface area contributed by atoms with Crippen molar-refractivity contribution in [3.05, 3.63) is 40.2 Å². The Hall–Kier alpha value is -2.64. The van der Waals surface area contributed by atoms with Crippen molar-refractivity contribution in [1.82, 2.24) is 0 Å². The molecule has 0 amide bonds. The van der Waals surface area contributed by atoms with Crippen LogP contribution in [0.15, 0.2) is 33.5 Å². The van der Waals surface area contributed by atoms with Gasteiger partial charge in [-0.25, -0.2) is 18.0 Å². The molecule has 15 nitrogen and oxygen atoms in total. The summed E-state index contributed by atoms with van der Waals surface area (Å²) in [5.74, 6) is -2.07. The summed E-state index contributed by atoms with van der Waals surface area (Å²) in [6.45, 7) is 1.63. The van der Waals surface area contributed by atoms with E-state index in [4.69, 9.17) is 23.0 Å². The van der Waals surface area contributed by atoms with Crippen molar-refractivity contribution in [2.24, 2.45) is 0 Å². The fourth-order valence-electron chi connectivity index (χ4n) is 3.12. The van der Waals surface area contributed by atoms with E-state index in [2.05, 4.69) is 8.37 Å². The lowest BCUT2D eigenvalue weighted by Gasteiger charge is -2.40. The molecule has 5 atom stereocenters. The molecular formula is C16H16O15S2. The maximum atomic E-state index is 11.6. The number of hydrogen-bond acceptors (Lipinski definition) is 12. The topological polar surface area (TPSA) is 233 Å². The van der Waals surface area contributed by atoms with Gasteiger partial charge in [-0.3, -0.25) is 9.11 Å². The van der Waals surface area contributed by atoms with Crippen LogP contribution in [0.1, 0.15) is 5.56 Å². The number of ether oxygens (including phenoxy) is 2. The number of rotatable bonds is 7. The highest BCUT2D eigenvalue weighted by molar-refractivity contribution is 7.81. The standard InChI is InChI=1S/C16H16O15S2/c1-6-4-10(17)28-9-5-7(2-3-8(6)9)27-16-13(31-33(24,25)26)11(18)12(30-32(21,22)23)14(29-16)15(19)20/h2-5,11-14,16,18H,1H3,(H,19,20)(H,21,22,23)(H,24,25,26)/t11?,12-,13?,14+,16+/m0/s1. The van der Waals surface area contributed by atoms with E-state index in [1.807, 2.05) is 0 Å². The number of aliphatic hydroxyl groups is 1. The van der Waals surface area contributed by atoms with Gasteiger partial charge in [-0.1, -0.05) is 0 Å². The van der Waals surface area contributed by atoms with E-state index in [-0.39, 0.29) is 11.3 Å². The van der Waals surface area contributed by atoms with Crippen LogP contribution >= 0.6 is 0 Å². The van der Waals surface area contributed by atoms with E-state index in [0.29, 0.717) is 10.9 Å². The predicted octanol–water partition coefficient (Wildman–Crippen LogP) is -0.973. The third-order valence-electron chi connectivity index (χ3n) is 4.40. The Labute approximate surface area is 185 Å². The first-order valence-electron chi connectivity index (χ1n) is 8.73. The lowest BCUT2D eigenvalue weighted by Crippen LogP contribution is -2.63. The molecule has 0 aliphatic carbocycles. The highest BCUT2D eigenvalue weighted by atomic mass is 32.3. The number of aliphatic hydroxyl groups excluding tert-OH is 1. The maximum Gasteiger partial charge on any atom is 0.397 e. The molecule has 1 saturated heterocycles. The molecule has 33 heavy (non-hydrogen) atoms. The van der Waals surface area contributed by atoms with Gasteiger partial charge in [0.2, 0.25) is 6.29 Å². The summed E-state index contributed by atoms with van der Waals surface area (Å²) in [4.78, 5) is 23.1. The summed E-state index contributed by atoms with van der Waals surface area (Å²) in [6, 6.07) is 5.14. The lowest BCUT2D eigenvalue weighted by molar-refractivity contribution is -0.261. The van der Waals surface area contributed by atoms with Crippen molar-refractivity contribution in [3.8, 4) is 5.75 Å². The molecule has 2 unspecified atom stereocenters. The van der Waals surface area contributed by atoms with Crippen LogP contribution in [0.2, 0.25) is 0 Å². The predicted molar refractivity (Wildman–Crippen MR) is 103 cm³/mol.